The van der Waals surface area contributed by atoms with Gasteiger partial charge in [-0.2, -0.15) is 5.10 Å². The Morgan fingerprint density at radius 1 is 1.07 bits per heavy atom. The summed E-state index contributed by atoms with van der Waals surface area (Å²) in [5.41, 5.74) is 0.869. The van der Waals surface area contributed by atoms with E-state index >= 15 is 0 Å². The second-order valence-corrected chi connectivity index (χ2v) is 7.30. The third-order valence-corrected chi connectivity index (χ3v) is 5.09. The van der Waals surface area contributed by atoms with Crippen LogP contribution in [0, 0.1) is 10.1 Å². The number of thiazole rings is 1. The lowest BCUT2D eigenvalue weighted by Gasteiger charge is -2.05. The molecule has 0 fully saturated rings. The molecule has 11 heteroatoms. The summed E-state index contributed by atoms with van der Waals surface area (Å²) in [6.45, 7) is 0. The Morgan fingerprint density at radius 2 is 1.80 bits per heavy atom. The van der Waals surface area contributed by atoms with Crippen molar-refractivity contribution in [2.45, 2.75) is 0 Å². The van der Waals surface area contributed by atoms with Gasteiger partial charge in [0.05, 0.1) is 15.1 Å². The van der Waals surface area contributed by atoms with Gasteiger partial charge in [-0.3, -0.25) is 29.7 Å². The molecular formula is C19H14N6O4S. The fourth-order valence-electron chi connectivity index (χ4n) is 2.76. The number of para-hydroxylation sites is 1. The monoisotopic (exact) mass is 422 g/mol. The fraction of sp³-hybridized carbons (Fsp3) is 0.0526. The summed E-state index contributed by atoms with van der Waals surface area (Å²) in [5, 5.41) is 20.6. The lowest BCUT2D eigenvalue weighted by molar-refractivity contribution is -0.385. The molecular weight excluding hydrogens is 408 g/mol. The van der Waals surface area contributed by atoms with E-state index in [4.69, 9.17) is 0 Å². The van der Waals surface area contributed by atoms with Gasteiger partial charge >= 0.3 is 5.69 Å². The van der Waals surface area contributed by atoms with Crippen LogP contribution in [0.3, 0.4) is 0 Å². The fourth-order valence-corrected chi connectivity index (χ4v) is 3.62. The SMILES string of the molecule is Cn1cc([N+](=O)[O-])c(C(=O)Nc2ccc(C(=O)Nc3nc4ccccc4s3)cc2)n1. The van der Waals surface area contributed by atoms with E-state index in [2.05, 4.69) is 20.7 Å². The minimum atomic E-state index is -0.714. The standard InChI is InChI=1S/C19H14N6O4S/c1-24-10-14(25(28)29)16(23-24)18(27)20-12-8-6-11(7-9-12)17(26)22-19-21-13-4-2-3-5-15(13)30-19/h2-10H,1H3,(H,20,27)(H,21,22,26). The summed E-state index contributed by atoms with van der Waals surface area (Å²) < 4.78 is 2.16. The van der Waals surface area contributed by atoms with Crippen LogP contribution < -0.4 is 10.6 Å². The van der Waals surface area contributed by atoms with Crippen LogP contribution in [0.2, 0.25) is 0 Å². The van der Waals surface area contributed by atoms with Crippen molar-refractivity contribution in [1.82, 2.24) is 14.8 Å². The second kappa shape index (κ2) is 7.72. The molecule has 0 bridgehead atoms. The number of hydrogen-bond donors (Lipinski definition) is 2. The molecule has 30 heavy (non-hydrogen) atoms. The van der Waals surface area contributed by atoms with Crippen molar-refractivity contribution in [2.24, 2.45) is 7.05 Å². The van der Waals surface area contributed by atoms with E-state index in [0.29, 0.717) is 16.4 Å². The number of carbonyl (C=O) groups is 2. The van der Waals surface area contributed by atoms with Crippen molar-refractivity contribution in [2.75, 3.05) is 10.6 Å². The summed E-state index contributed by atoms with van der Waals surface area (Å²) >= 11 is 1.37. The number of hydrogen-bond acceptors (Lipinski definition) is 7. The maximum atomic E-state index is 12.4. The van der Waals surface area contributed by atoms with E-state index in [9.17, 15) is 19.7 Å². The number of anilines is 2. The first-order valence-corrected chi connectivity index (χ1v) is 9.49. The Morgan fingerprint density at radius 3 is 2.50 bits per heavy atom. The number of nitro groups is 1. The number of benzene rings is 2. The number of aromatic nitrogens is 3. The molecule has 2 heterocycles. The Kier molecular flexibility index (Phi) is 4.94. The van der Waals surface area contributed by atoms with Crippen LogP contribution in [-0.2, 0) is 7.05 Å². The highest BCUT2D eigenvalue weighted by atomic mass is 32.1. The zero-order chi connectivity index (χ0) is 21.3. The Hall–Kier alpha value is -4.12. The maximum absolute atomic E-state index is 12.4. The smallest absolute Gasteiger partial charge is 0.320 e. The van der Waals surface area contributed by atoms with E-state index in [1.807, 2.05) is 24.3 Å². The minimum absolute atomic E-state index is 0.292. The zero-order valence-corrected chi connectivity index (χ0v) is 16.3. The van der Waals surface area contributed by atoms with Gasteiger partial charge in [0.2, 0.25) is 5.69 Å². The third kappa shape index (κ3) is 3.86. The predicted octanol–water partition coefficient (Wildman–Crippen LogP) is 3.44. The predicted molar refractivity (Wildman–Crippen MR) is 112 cm³/mol. The second-order valence-electron chi connectivity index (χ2n) is 6.27. The molecule has 0 spiro atoms. The lowest BCUT2D eigenvalue weighted by Crippen LogP contribution is -2.15. The average Bonchev–Trinajstić information content (AvgIpc) is 3.31. The van der Waals surface area contributed by atoms with Gasteiger partial charge in [-0.25, -0.2) is 4.98 Å². The summed E-state index contributed by atoms with van der Waals surface area (Å²) in [6, 6.07) is 13.7. The van der Waals surface area contributed by atoms with Gasteiger partial charge < -0.3 is 5.32 Å². The lowest BCUT2D eigenvalue weighted by atomic mass is 10.2. The molecule has 0 atom stereocenters. The first kappa shape index (κ1) is 19.2. The molecule has 0 saturated heterocycles. The molecule has 2 N–H and O–H groups in total. The van der Waals surface area contributed by atoms with E-state index in [0.717, 1.165) is 16.4 Å². The van der Waals surface area contributed by atoms with Crippen LogP contribution >= 0.6 is 11.3 Å². The molecule has 0 aliphatic carbocycles. The molecule has 0 radical (unpaired) electrons. The first-order valence-electron chi connectivity index (χ1n) is 8.67. The van der Waals surface area contributed by atoms with Crippen molar-refractivity contribution < 1.29 is 14.5 Å². The normalized spacial score (nSPS) is 10.7. The van der Waals surface area contributed by atoms with Crippen LogP contribution in [0.4, 0.5) is 16.5 Å². The number of nitrogens with one attached hydrogen (secondary N) is 2. The Balaban J connectivity index is 1.45. The molecule has 0 unspecified atom stereocenters. The zero-order valence-electron chi connectivity index (χ0n) is 15.5. The molecule has 2 amide bonds. The molecule has 0 saturated carbocycles. The molecule has 2 aromatic carbocycles. The Bertz CT molecular complexity index is 1240. The molecule has 10 nitrogen and oxygen atoms in total. The number of fused-ring (bicyclic) bond motifs is 1. The van der Waals surface area contributed by atoms with Crippen molar-refractivity contribution in [3.8, 4) is 0 Å². The van der Waals surface area contributed by atoms with Gasteiger partial charge in [0.25, 0.3) is 11.8 Å². The largest absolute Gasteiger partial charge is 0.320 e. The maximum Gasteiger partial charge on any atom is 0.320 e. The molecule has 4 aromatic rings. The van der Waals surface area contributed by atoms with Crippen molar-refractivity contribution in [3.63, 3.8) is 0 Å². The molecule has 4 rings (SSSR count). The van der Waals surface area contributed by atoms with Crippen LogP contribution in [0.5, 0.6) is 0 Å². The van der Waals surface area contributed by atoms with Crippen LogP contribution in [0.15, 0.2) is 54.7 Å². The third-order valence-electron chi connectivity index (χ3n) is 4.14. The van der Waals surface area contributed by atoms with Gasteiger partial charge in [-0.05, 0) is 36.4 Å². The van der Waals surface area contributed by atoms with Crippen LogP contribution in [0.1, 0.15) is 20.8 Å². The highest BCUT2D eigenvalue weighted by molar-refractivity contribution is 7.22. The van der Waals surface area contributed by atoms with E-state index < -0.39 is 10.8 Å². The van der Waals surface area contributed by atoms with E-state index in [1.54, 1.807) is 0 Å². The summed E-state index contributed by atoms with van der Waals surface area (Å²) in [6.07, 6.45) is 1.16. The van der Waals surface area contributed by atoms with Gasteiger partial charge in [-0.1, -0.05) is 23.5 Å². The van der Waals surface area contributed by atoms with Gasteiger partial charge in [0.1, 0.15) is 6.20 Å². The average molecular weight is 422 g/mol. The van der Waals surface area contributed by atoms with Crippen molar-refractivity contribution in [3.05, 3.63) is 76.1 Å². The quantitative estimate of drug-likeness (QED) is 0.374. The van der Waals surface area contributed by atoms with Gasteiger partial charge in [-0.15, -0.1) is 0 Å². The summed E-state index contributed by atoms with van der Waals surface area (Å²) in [4.78, 5) is 39.5. The van der Waals surface area contributed by atoms with E-state index in [1.165, 1.54) is 47.3 Å². The highest BCUT2D eigenvalue weighted by Gasteiger charge is 2.25. The first-order chi connectivity index (χ1) is 14.4. The Labute approximate surface area is 173 Å². The number of carbonyl (C=O) groups excluding carboxylic acids is 2. The topological polar surface area (TPSA) is 132 Å². The molecule has 150 valence electrons. The molecule has 0 aliphatic rings. The van der Waals surface area contributed by atoms with Crippen molar-refractivity contribution in [1.29, 1.82) is 0 Å². The van der Waals surface area contributed by atoms with Crippen molar-refractivity contribution >= 4 is 49.9 Å². The molecule has 0 aliphatic heterocycles. The number of aryl methyl sites for hydroxylation is 1. The van der Waals surface area contributed by atoms with Crippen LogP contribution in [-0.4, -0.2) is 31.5 Å². The highest BCUT2D eigenvalue weighted by Crippen LogP contribution is 2.26. The van der Waals surface area contributed by atoms with Crippen LogP contribution in [0.25, 0.3) is 10.2 Å². The minimum Gasteiger partial charge on any atom is -0.320 e. The summed E-state index contributed by atoms with van der Waals surface area (Å²) in [5.74, 6) is -1.05. The molecule has 2 aromatic heterocycles. The van der Waals surface area contributed by atoms with E-state index in [-0.39, 0.29) is 17.3 Å². The van der Waals surface area contributed by atoms with Gasteiger partial charge in [0.15, 0.2) is 5.13 Å². The summed E-state index contributed by atoms with van der Waals surface area (Å²) in [7, 11) is 1.49. The van der Waals surface area contributed by atoms with Gasteiger partial charge in [0, 0.05) is 18.3 Å². The number of rotatable bonds is 5. The number of amides is 2. The number of nitrogens with zero attached hydrogens (tertiary/aromatic N) is 4.